The van der Waals surface area contributed by atoms with E-state index in [1.807, 2.05) is 36.1 Å². The molecular formula is C18H22ClN3O2. The fourth-order valence-electron chi connectivity index (χ4n) is 2.44. The molecule has 0 atom stereocenters. The molecule has 0 saturated carbocycles. The van der Waals surface area contributed by atoms with Gasteiger partial charge < -0.3 is 10.2 Å². The minimum atomic E-state index is -0.101. The lowest BCUT2D eigenvalue weighted by atomic mass is 10.3. The molecule has 1 fully saturated rings. The maximum absolute atomic E-state index is 12.1. The highest BCUT2D eigenvalue weighted by Gasteiger charge is 2.21. The largest absolute Gasteiger partial charge is 0.337 e. The first kappa shape index (κ1) is 18.2. The first-order valence-electron chi connectivity index (χ1n) is 7.95. The summed E-state index contributed by atoms with van der Waals surface area (Å²) in [5.74, 6) is -0.0934. The normalized spacial score (nSPS) is 16.0. The van der Waals surface area contributed by atoms with Crippen molar-refractivity contribution < 1.29 is 9.59 Å². The highest BCUT2D eigenvalue weighted by atomic mass is 35.5. The third kappa shape index (κ3) is 5.51. The van der Waals surface area contributed by atoms with Crippen LogP contribution >= 0.6 is 11.6 Å². The predicted molar refractivity (Wildman–Crippen MR) is 97.1 cm³/mol. The van der Waals surface area contributed by atoms with Crippen molar-refractivity contribution in [1.82, 2.24) is 9.80 Å². The van der Waals surface area contributed by atoms with Gasteiger partial charge in [-0.3, -0.25) is 14.5 Å². The Morgan fingerprint density at radius 1 is 1.17 bits per heavy atom. The first-order valence-corrected chi connectivity index (χ1v) is 8.33. The van der Waals surface area contributed by atoms with E-state index in [1.165, 1.54) is 0 Å². The molecular weight excluding hydrogens is 326 g/mol. The Hall–Kier alpha value is -2.11. The lowest BCUT2D eigenvalue weighted by Gasteiger charge is -2.33. The maximum atomic E-state index is 12.1. The summed E-state index contributed by atoms with van der Waals surface area (Å²) in [6.07, 6.45) is 7.01. The van der Waals surface area contributed by atoms with Crippen LogP contribution in [0, 0.1) is 0 Å². The summed E-state index contributed by atoms with van der Waals surface area (Å²) in [4.78, 5) is 27.9. The Balaban J connectivity index is 1.77. The summed E-state index contributed by atoms with van der Waals surface area (Å²) in [6.45, 7) is 4.80. The Labute approximate surface area is 147 Å². The Kier molecular flexibility index (Phi) is 7.03. The molecule has 2 amide bonds. The molecule has 1 aliphatic rings. The smallest absolute Gasteiger partial charge is 0.246 e. The number of piperazine rings is 1. The summed E-state index contributed by atoms with van der Waals surface area (Å²) < 4.78 is 0. The monoisotopic (exact) mass is 347 g/mol. The Morgan fingerprint density at radius 2 is 1.88 bits per heavy atom. The number of amides is 2. The molecule has 1 aliphatic heterocycles. The van der Waals surface area contributed by atoms with Crippen LogP contribution < -0.4 is 5.32 Å². The van der Waals surface area contributed by atoms with Gasteiger partial charge in [0.15, 0.2) is 0 Å². The van der Waals surface area contributed by atoms with Crippen LogP contribution in [0.4, 0.5) is 5.69 Å². The lowest BCUT2D eigenvalue weighted by Crippen LogP contribution is -2.50. The van der Waals surface area contributed by atoms with Crippen LogP contribution in [-0.2, 0) is 9.59 Å². The highest BCUT2D eigenvalue weighted by Crippen LogP contribution is 2.20. The molecule has 24 heavy (non-hydrogen) atoms. The number of allylic oxidation sites excluding steroid dienone is 3. The van der Waals surface area contributed by atoms with E-state index in [0.717, 1.165) is 0 Å². The zero-order valence-electron chi connectivity index (χ0n) is 13.7. The number of hydrogen-bond acceptors (Lipinski definition) is 3. The van der Waals surface area contributed by atoms with Crippen LogP contribution in [0.3, 0.4) is 0 Å². The minimum absolute atomic E-state index is 0.00766. The van der Waals surface area contributed by atoms with E-state index >= 15 is 0 Å². The van der Waals surface area contributed by atoms with Crippen molar-refractivity contribution >= 4 is 29.1 Å². The number of nitrogens with one attached hydrogen (secondary N) is 1. The standard InChI is InChI=1S/C18H22ClN3O2/c1-2-3-4-9-18(24)22-12-10-21(11-13-22)14-17(23)20-16-8-6-5-7-15(16)19/h2-9H,10-14H2,1H3,(H,20,23)/b3-2+,9-4+. The number of para-hydroxylation sites is 1. The summed E-state index contributed by atoms with van der Waals surface area (Å²) in [7, 11) is 0. The molecule has 1 heterocycles. The lowest BCUT2D eigenvalue weighted by molar-refractivity contribution is -0.128. The van der Waals surface area contributed by atoms with Crippen LogP contribution in [0.1, 0.15) is 6.92 Å². The summed E-state index contributed by atoms with van der Waals surface area (Å²) in [5, 5.41) is 3.34. The molecule has 1 saturated heterocycles. The van der Waals surface area contributed by atoms with Gasteiger partial charge in [-0.2, -0.15) is 0 Å². The molecule has 5 nitrogen and oxygen atoms in total. The maximum Gasteiger partial charge on any atom is 0.246 e. The average molecular weight is 348 g/mol. The summed E-state index contributed by atoms with van der Waals surface area (Å²) >= 11 is 6.03. The van der Waals surface area contributed by atoms with E-state index in [0.29, 0.717) is 43.4 Å². The molecule has 1 aromatic rings. The van der Waals surface area contributed by atoms with Crippen LogP contribution in [-0.4, -0.2) is 54.3 Å². The zero-order chi connectivity index (χ0) is 17.4. The summed E-state index contributed by atoms with van der Waals surface area (Å²) in [6, 6.07) is 7.16. The van der Waals surface area contributed by atoms with E-state index in [2.05, 4.69) is 5.32 Å². The second-order valence-corrected chi connectivity index (χ2v) is 5.92. The fourth-order valence-corrected chi connectivity index (χ4v) is 2.62. The number of halogens is 1. The second-order valence-electron chi connectivity index (χ2n) is 5.51. The average Bonchev–Trinajstić information content (AvgIpc) is 2.58. The third-order valence-electron chi connectivity index (χ3n) is 3.74. The summed E-state index contributed by atoms with van der Waals surface area (Å²) in [5.41, 5.74) is 0.618. The SMILES string of the molecule is C/C=C/C=C/C(=O)N1CCN(CC(=O)Nc2ccccc2Cl)CC1. The van der Waals surface area contributed by atoms with Crippen molar-refractivity contribution in [2.75, 3.05) is 38.0 Å². The fraction of sp³-hybridized carbons (Fsp3) is 0.333. The van der Waals surface area contributed by atoms with Crippen LogP contribution in [0.15, 0.2) is 48.6 Å². The molecule has 0 spiro atoms. The van der Waals surface area contributed by atoms with E-state index in [-0.39, 0.29) is 11.8 Å². The number of carbonyl (C=O) groups excluding carboxylic acids is 2. The molecule has 0 aliphatic carbocycles. The first-order chi connectivity index (χ1) is 11.6. The molecule has 0 bridgehead atoms. The molecule has 2 rings (SSSR count). The van der Waals surface area contributed by atoms with Gasteiger partial charge in [0.25, 0.3) is 0 Å². The number of hydrogen-bond donors (Lipinski definition) is 1. The van der Waals surface area contributed by atoms with Crippen LogP contribution in [0.2, 0.25) is 5.02 Å². The van der Waals surface area contributed by atoms with E-state index in [4.69, 9.17) is 11.6 Å². The number of nitrogens with zero attached hydrogens (tertiary/aromatic N) is 2. The molecule has 0 radical (unpaired) electrons. The van der Waals surface area contributed by atoms with Gasteiger partial charge in [0.2, 0.25) is 11.8 Å². The molecule has 128 valence electrons. The minimum Gasteiger partial charge on any atom is -0.337 e. The van der Waals surface area contributed by atoms with Crippen molar-refractivity contribution in [3.05, 3.63) is 53.6 Å². The van der Waals surface area contributed by atoms with Gasteiger partial charge in [-0.05, 0) is 19.1 Å². The Morgan fingerprint density at radius 3 is 2.54 bits per heavy atom. The van der Waals surface area contributed by atoms with Crippen LogP contribution in [0.25, 0.3) is 0 Å². The molecule has 1 N–H and O–H groups in total. The van der Waals surface area contributed by atoms with Gasteiger partial charge in [0.05, 0.1) is 17.3 Å². The van der Waals surface area contributed by atoms with Gasteiger partial charge in [-0.1, -0.05) is 42.0 Å². The second kappa shape index (κ2) is 9.25. The quantitative estimate of drug-likeness (QED) is 0.658. The number of anilines is 1. The predicted octanol–water partition coefficient (Wildman–Crippen LogP) is 2.56. The van der Waals surface area contributed by atoms with Crippen molar-refractivity contribution in [3.8, 4) is 0 Å². The third-order valence-corrected chi connectivity index (χ3v) is 4.07. The molecule has 0 aromatic heterocycles. The van der Waals surface area contributed by atoms with Crippen molar-refractivity contribution in [2.24, 2.45) is 0 Å². The van der Waals surface area contributed by atoms with E-state index < -0.39 is 0 Å². The number of carbonyl (C=O) groups is 2. The Bertz CT molecular complexity index is 635. The van der Waals surface area contributed by atoms with Gasteiger partial charge >= 0.3 is 0 Å². The van der Waals surface area contributed by atoms with Gasteiger partial charge in [0.1, 0.15) is 0 Å². The van der Waals surface area contributed by atoms with E-state index in [1.54, 1.807) is 29.2 Å². The van der Waals surface area contributed by atoms with Gasteiger partial charge in [0, 0.05) is 32.3 Å². The van der Waals surface area contributed by atoms with Crippen molar-refractivity contribution in [3.63, 3.8) is 0 Å². The van der Waals surface area contributed by atoms with E-state index in [9.17, 15) is 9.59 Å². The number of benzene rings is 1. The van der Waals surface area contributed by atoms with Crippen molar-refractivity contribution in [1.29, 1.82) is 0 Å². The topological polar surface area (TPSA) is 52.7 Å². The van der Waals surface area contributed by atoms with Gasteiger partial charge in [-0.25, -0.2) is 0 Å². The zero-order valence-corrected chi connectivity index (χ0v) is 14.5. The number of rotatable bonds is 5. The highest BCUT2D eigenvalue weighted by molar-refractivity contribution is 6.33. The molecule has 1 aromatic carbocycles. The molecule has 0 unspecified atom stereocenters. The van der Waals surface area contributed by atoms with Gasteiger partial charge in [-0.15, -0.1) is 0 Å². The molecule has 6 heteroatoms. The van der Waals surface area contributed by atoms with Crippen LogP contribution in [0.5, 0.6) is 0 Å². The van der Waals surface area contributed by atoms with Crippen molar-refractivity contribution in [2.45, 2.75) is 6.92 Å².